The number of amides is 1. The number of anilines is 1. The van der Waals surface area contributed by atoms with E-state index in [9.17, 15) is 13.6 Å². The first-order valence-electron chi connectivity index (χ1n) is 8.16. The number of piperazine rings is 1. The van der Waals surface area contributed by atoms with E-state index < -0.39 is 6.61 Å². The van der Waals surface area contributed by atoms with Crippen molar-refractivity contribution in [2.45, 2.75) is 13.5 Å². The smallest absolute Gasteiger partial charge is 0.387 e. The van der Waals surface area contributed by atoms with Crippen LogP contribution in [0.3, 0.4) is 0 Å². The summed E-state index contributed by atoms with van der Waals surface area (Å²) in [5, 5.41) is 0. The van der Waals surface area contributed by atoms with Crippen molar-refractivity contribution in [3.05, 3.63) is 52.1 Å². The second kappa shape index (κ2) is 7.99. The summed E-state index contributed by atoms with van der Waals surface area (Å²) >= 11 is 3.40. The Morgan fingerprint density at radius 1 is 1.23 bits per heavy atom. The van der Waals surface area contributed by atoms with Gasteiger partial charge in [0.05, 0.1) is 5.56 Å². The number of hydrogen-bond donors (Lipinski definition) is 0. The van der Waals surface area contributed by atoms with Crippen molar-refractivity contribution in [1.82, 2.24) is 9.88 Å². The number of halogens is 3. The average molecular weight is 426 g/mol. The van der Waals surface area contributed by atoms with Gasteiger partial charge in [-0.25, -0.2) is 4.98 Å². The van der Waals surface area contributed by atoms with Crippen LogP contribution in [0.2, 0.25) is 0 Å². The lowest BCUT2D eigenvalue weighted by atomic mass is 10.1. The Bertz CT molecular complexity index is 796. The molecule has 2 aromatic rings. The molecular weight excluding hydrogens is 408 g/mol. The number of carbonyl (C=O) groups excluding carboxylic acids is 1. The SMILES string of the molecule is Cc1cc(Br)cnc1N1CCN(C(=O)c2ccccc2OC(F)F)CC1. The van der Waals surface area contributed by atoms with Crippen LogP contribution in [-0.2, 0) is 0 Å². The number of carbonyl (C=O) groups is 1. The van der Waals surface area contributed by atoms with Gasteiger partial charge in [0, 0.05) is 36.8 Å². The molecule has 1 aromatic carbocycles. The minimum Gasteiger partial charge on any atom is -0.434 e. The van der Waals surface area contributed by atoms with Crippen LogP contribution in [0.25, 0.3) is 0 Å². The first kappa shape index (κ1) is 18.6. The zero-order chi connectivity index (χ0) is 18.7. The number of para-hydroxylation sites is 1. The molecule has 0 radical (unpaired) electrons. The van der Waals surface area contributed by atoms with Crippen LogP contribution < -0.4 is 9.64 Å². The topological polar surface area (TPSA) is 45.7 Å². The Hall–Kier alpha value is -2.22. The Morgan fingerprint density at radius 2 is 1.92 bits per heavy atom. The Balaban J connectivity index is 1.69. The van der Waals surface area contributed by atoms with Gasteiger partial charge in [-0.15, -0.1) is 0 Å². The lowest BCUT2D eigenvalue weighted by molar-refractivity contribution is -0.0502. The van der Waals surface area contributed by atoms with Gasteiger partial charge in [0.15, 0.2) is 0 Å². The van der Waals surface area contributed by atoms with Gasteiger partial charge in [0.25, 0.3) is 5.91 Å². The summed E-state index contributed by atoms with van der Waals surface area (Å²) in [4.78, 5) is 20.9. The molecule has 1 aliphatic rings. The molecule has 1 fully saturated rings. The number of ether oxygens (including phenoxy) is 1. The number of benzene rings is 1. The van der Waals surface area contributed by atoms with Gasteiger partial charge in [-0.2, -0.15) is 8.78 Å². The van der Waals surface area contributed by atoms with Gasteiger partial charge in [-0.05, 0) is 46.6 Å². The predicted octanol–water partition coefficient (Wildman–Crippen LogP) is 3.72. The van der Waals surface area contributed by atoms with Crippen LogP contribution in [0.4, 0.5) is 14.6 Å². The maximum absolute atomic E-state index is 12.7. The molecule has 138 valence electrons. The first-order chi connectivity index (χ1) is 12.5. The number of hydrogen-bond acceptors (Lipinski definition) is 4. The second-order valence-corrected chi connectivity index (χ2v) is 6.86. The van der Waals surface area contributed by atoms with Crippen molar-refractivity contribution in [2.24, 2.45) is 0 Å². The summed E-state index contributed by atoms with van der Waals surface area (Å²) in [6.45, 7) is 1.24. The van der Waals surface area contributed by atoms with Crippen LogP contribution in [0.1, 0.15) is 15.9 Å². The molecule has 3 rings (SSSR count). The molecule has 0 bridgehead atoms. The van der Waals surface area contributed by atoms with E-state index in [2.05, 4.69) is 30.6 Å². The van der Waals surface area contributed by atoms with Gasteiger partial charge in [0.1, 0.15) is 11.6 Å². The van der Waals surface area contributed by atoms with Crippen molar-refractivity contribution >= 4 is 27.7 Å². The lowest BCUT2D eigenvalue weighted by Crippen LogP contribution is -2.49. The Kier molecular flexibility index (Phi) is 5.70. The normalized spacial score (nSPS) is 14.7. The zero-order valence-corrected chi connectivity index (χ0v) is 15.7. The third-order valence-corrected chi connectivity index (χ3v) is 4.65. The van der Waals surface area contributed by atoms with Crippen molar-refractivity contribution in [2.75, 3.05) is 31.1 Å². The zero-order valence-electron chi connectivity index (χ0n) is 14.2. The van der Waals surface area contributed by atoms with Crippen molar-refractivity contribution in [3.63, 3.8) is 0 Å². The van der Waals surface area contributed by atoms with Gasteiger partial charge in [-0.1, -0.05) is 12.1 Å². The highest BCUT2D eigenvalue weighted by Crippen LogP contribution is 2.25. The number of rotatable bonds is 4. The van der Waals surface area contributed by atoms with E-state index in [4.69, 9.17) is 0 Å². The maximum atomic E-state index is 12.7. The van der Waals surface area contributed by atoms with E-state index in [-0.39, 0.29) is 17.2 Å². The van der Waals surface area contributed by atoms with E-state index in [1.165, 1.54) is 12.1 Å². The van der Waals surface area contributed by atoms with Crippen LogP contribution in [-0.4, -0.2) is 48.6 Å². The molecule has 2 heterocycles. The highest BCUT2D eigenvalue weighted by atomic mass is 79.9. The molecule has 1 amide bonds. The molecule has 1 saturated heterocycles. The number of alkyl halides is 2. The van der Waals surface area contributed by atoms with Crippen LogP contribution in [0.5, 0.6) is 5.75 Å². The van der Waals surface area contributed by atoms with Crippen molar-refractivity contribution in [3.8, 4) is 5.75 Å². The van der Waals surface area contributed by atoms with Gasteiger partial charge < -0.3 is 14.5 Å². The molecule has 0 atom stereocenters. The molecule has 26 heavy (non-hydrogen) atoms. The molecule has 0 N–H and O–H groups in total. The third kappa shape index (κ3) is 4.12. The molecule has 8 heteroatoms. The fraction of sp³-hybridized carbons (Fsp3) is 0.333. The fourth-order valence-electron chi connectivity index (χ4n) is 3.00. The molecule has 1 aromatic heterocycles. The van der Waals surface area contributed by atoms with Crippen molar-refractivity contribution in [1.29, 1.82) is 0 Å². The van der Waals surface area contributed by atoms with Crippen LogP contribution in [0.15, 0.2) is 41.0 Å². The van der Waals surface area contributed by atoms with E-state index in [0.717, 1.165) is 15.9 Å². The molecule has 0 unspecified atom stereocenters. The predicted molar refractivity (Wildman–Crippen MR) is 97.9 cm³/mol. The molecule has 1 aliphatic heterocycles. The van der Waals surface area contributed by atoms with E-state index in [1.807, 2.05) is 13.0 Å². The monoisotopic (exact) mass is 425 g/mol. The summed E-state index contributed by atoms with van der Waals surface area (Å²) in [6, 6.07) is 8.08. The molecule has 5 nitrogen and oxygen atoms in total. The standard InChI is InChI=1S/C18H18BrF2N3O2/c1-12-10-13(19)11-22-16(12)23-6-8-24(9-7-23)17(25)14-4-2-3-5-15(14)26-18(20)21/h2-5,10-11,18H,6-9H2,1H3. The summed E-state index contributed by atoms with van der Waals surface area (Å²) in [6.07, 6.45) is 1.75. The van der Waals surface area contributed by atoms with E-state index >= 15 is 0 Å². The van der Waals surface area contributed by atoms with Gasteiger partial charge in [0.2, 0.25) is 0 Å². The van der Waals surface area contributed by atoms with Crippen molar-refractivity contribution < 1.29 is 18.3 Å². The number of aromatic nitrogens is 1. The number of pyridine rings is 1. The lowest BCUT2D eigenvalue weighted by Gasteiger charge is -2.36. The summed E-state index contributed by atoms with van der Waals surface area (Å²) in [7, 11) is 0. The average Bonchev–Trinajstić information content (AvgIpc) is 2.61. The molecule has 0 spiro atoms. The maximum Gasteiger partial charge on any atom is 0.387 e. The molecule has 0 saturated carbocycles. The Morgan fingerprint density at radius 3 is 2.58 bits per heavy atom. The molecular formula is C18H18BrF2N3O2. The Labute approximate surface area is 158 Å². The van der Waals surface area contributed by atoms with Crippen LogP contribution in [0, 0.1) is 6.92 Å². The minimum atomic E-state index is -2.97. The summed E-state index contributed by atoms with van der Waals surface area (Å²) in [5.41, 5.74) is 1.20. The van der Waals surface area contributed by atoms with E-state index in [0.29, 0.717) is 26.2 Å². The summed E-state index contributed by atoms with van der Waals surface area (Å²) < 4.78 is 30.5. The third-order valence-electron chi connectivity index (χ3n) is 4.22. The van der Waals surface area contributed by atoms with E-state index in [1.54, 1.807) is 23.2 Å². The van der Waals surface area contributed by atoms with Gasteiger partial charge in [-0.3, -0.25) is 4.79 Å². The fourth-order valence-corrected chi connectivity index (χ4v) is 3.44. The van der Waals surface area contributed by atoms with Gasteiger partial charge >= 0.3 is 6.61 Å². The summed E-state index contributed by atoms with van der Waals surface area (Å²) in [5.74, 6) is 0.489. The van der Waals surface area contributed by atoms with Crippen LogP contribution >= 0.6 is 15.9 Å². The molecule has 0 aliphatic carbocycles. The minimum absolute atomic E-state index is 0.0969. The first-order valence-corrected chi connectivity index (χ1v) is 8.95. The largest absolute Gasteiger partial charge is 0.434 e. The second-order valence-electron chi connectivity index (χ2n) is 5.95. The number of aryl methyl sites for hydroxylation is 1. The highest BCUT2D eigenvalue weighted by Gasteiger charge is 2.26. The highest BCUT2D eigenvalue weighted by molar-refractivity contribution is 9.10. The quantitative estimate of drug-likeness (QED) is 0.748. The number of nitrogens with zero attached hydrogens (tertiary/aromatic N) is 3.